The molecule has 0 spiro atoms. The van der Waals surface area contributed by atoms with Crippen LogP contribution in [0.2, 0.25) is 0 Å². The standard InChI is InChI=1S/C10H14O4/c1-2-7(10(13)14)8-5-6(11)3-4-9(8)12/h7-8H,2-5H2,1H3,(H,13,14). The first kappa shape index (κ1) is 10.9. The van der Waals surface area contributed by atoms with Gasteiger partial charge in [0.05, 0.1) is 5.92 Å². The maximum atomic E-state index is 11.4. The predicted molar refractivity (Wildman–Crippen MR) is 48.8 cm³/mol. The zero-order chi connectivity index (χ0) is 10.7. The minimum absolute atomic E-state index is 0.00861. The molecule has 1 N–H and O–H groups in total. The normalized spacial score (nSPS) is 24.8. The number of hydrogen-bond donors (Lipinski definition) is 1. The molecule has 1 aliphatic carbocycles. The van der Waals surface area contributed by atoms with Crippen molar-refractivity contribution in [1.29, 1.82) is 0 Å². The summed E-state index contributed by atoms with van der Waals surface area (Å²) in [7, 11) is 0. The molecule has 0 bridgehead atoms. The summed E-state index contributed by atoms with van der Waals surface area (Å²) in [6.45, 7) is 1.73. The van der Waals surface area contributed by atoms with E-state index in [1.54, 1.807) is 6.92 Å². The summed E-state index contributed by atoms with van der Waals surface area (Å²) in [4.78, 5) is 33.4. The highest BCUT2D eigenvalue weighted by atomic mass is 16.4. The SMILES string of the molecule is CCC(C(=O)O)C1CC(=O)CCC1=O. The van der Waals surface area contributed by atoms with Crippen LogP contribution in [0.5, 0.6) is 0 Å². The molecule has 0 aromatic rings. The van der Waals surface area contributed by atoms with Gasteiger partial charge in [0, 0.05) is 25.2 Å². The summed E-state index contributed by atoms with van der Waals surface area (Å²) < 4.78 is 0. The van der Waals surface area contributed by atoms with Gasteiger partial charge in [0.2, 0.25) is 0 Å². The Morgan fingerprint density at radius 2 is 2.14 bits per heavy atom. The molecule has 78 valence electrons. The van der Waals surface area contributed by atoms with Gasteiger partial charge in [0.25, 0.3) is 0 Å². The van der Waals surface area contributed by atoms with E-state index in [1.165, 1.54) is 0 Å². The second kappa shape index (κ2) is 4.35. The maximum absolute atomic E-state index is 11.4. The van der Waals surface area contributed by atoms with Crippen molar-refractivity contribution in [3.05, 3.63) is 0 Å². The summed E-state index contributed by atoms with van der Waals surface area (Å²) in [5.74, 6) is -2.31. The highest BCUT2D eigenvalue weighted by molar-refractivity contribution is 5.96. The maximum Gasteiger partial charge on any atom is 0.307 e. The quantitative estimate of drug-likeness (QED) is 0.735. The summed E-state index contributed by atoms with van der Waals surface area (Å²) in [6.07, 6.45) is 1.02. The Hall–Kier alpha value is -1.19. The number of carbonyl (C=O) groups excluding carboxylic acids is 2. The van der Waals surface area contributed by atoms with Gasteiger partial charge in [0.1, 0.15) is 11.6 Å². The van der Waals surface area contributed by atoms with E-state index >= 15 is 0 Å². The van der Waals surface area contributed by atoms with E-state index in [4.69, 9.17) is 5.11 Å². The summed E-state index contributed by atoms with van der Waals surface area (Å²) in [6, 6.07) is 0. The number of rotatable bonds is 3. The van der Waals surface area contributed by atoms with E-state index in [1.807, 2.05) is 0 Å². The van der Waals surface area contributed by atoms with Gasteiger partial charge in [-0.1, -0.05) is 6.92 Å². The molecule has 0 radical (unpaired) electrons. The molecule has 0 amide bonds. The van der Waals surface area contributed by atoms with Crippen molar-refractivity contribution in [2.75, 3.05) is 0 Å². The van der Waals surface area contributed by atoms with E-state index in [9.17, 15) is 14.4 Å². The molecule has 0 saturated heterocycles. The van der Waals surface area contributed by atoms with E-state index in [-0.39, 0.29) is 30.8 Å². The first-order chi connectivity index (χ1) is 6.56. The lowest BCUT2D eigenvalue weighted by atomic mass is 9.77. The molecule has 4 heteroatoms. The van der Waals surface area contributed by atoms with Crippen LogP contribution in [0.15, 0.2) is 0 Å². The van der Waals surface area contributed by atoms with Crippen molar-refractivity contribution >= 4 is 17.5 Å². The van der Waals surface area contributed by atoms with Crippen LogP contribution in [-0.4, -0.2) is 22.6 Å². The molecular formula is C10H14O4. The lowest BCUT2D eigenvalue weighted by Gasteiger charge is -2.24. The van der Waals surface area contributed by atoms with Crippen LogP contribution >= 0.6 is 0 Å². The van der Waals surface area contributed by atoms with Crippen molar-refractivity contribution in [2.24, 2.45) is 11.8 Å². The van der Waals surface area contributed by atoms with E-state index in [0.29, 0.717) is 6.42 Å². The van der Waals surface area contributed by atoms with Gasteiger partial charge in [-0.15, -0.1) is 0 Å². The molecule has 0 aromatic carbocycles. The van der Waals surface area contributed by atoms with Crippen molar-refractivity contribution in [3.63, 3.8) is 0 Å². The van der Waals surface area contributed by atoms with Crippen LogP contribution in [0.1, 0.15) is 32.6 Å². The number of Topliss-reactive ketones (excluding diaryl/α,β-unsaturated/α-hetero) is 2. The highest BCUT2D eigenvalue weighted by Gasteiger charge is 2.36. The van der Waals surface area contributed by atoms with Gasteiger partial charge >= 0.3 is 5.97 Å². The third-order valence-electron chi connectivity index (χ3n) is 2.75. The Balaban J connectivity index is 2.76. The zero-order valence-corrected chi connectivity index (χ0v) is 8.16. The second-order valence-corrected chi connectivity index (χ2v) is 3.67. The Morgan fingerprint density at radius 1 is 1.50 bits per heavy atom. The second-order valence-electron chi connectivity index (χ2n) is 3.67. The lowest BCUT2D eigenvalue weighted by Crippen LogP contribution is -2.34. The molecule has 1 saturated carbocycles. The van der Waals surface area contributed by atoms with E-state index in [2.05, 4.69) is 0 Å². The lowest BCUT2D eigenvalue weighted by molar-refractivity contribution is -0.149. The molecule has 0 heterocycles. The largest absolute Gasteiger partial charge is 0.481 e. The first-order valence-corrected chi connectivity index (χ1v) is 4.83. The topological polar surface area (TPSA) is 71.4 Å². The Morgan fingerprint density at radius 3 is 2.64 bits per heavy atom. The number of ketones is 2. The number of carbonyl (C=O) groups is 3. The molecule has 2 unspecified atom stereocenters. The van der Waals surface area contributed by atoms with Gasteiger partial charge in [-0.3, -0.25) is 14.4 Å². The first-order valence-electron chi connectivity index (χ1n) is 4.83. The molecule has 1 aliphatic rings. The van der Waals surface area contributed by atoms with Gasteiger partial charge in [-0.2, -0.15) is 0 Å². The summed E-state index contributed by atoms with van der Waals surface area (Å²) in [5.41, 5.74) is 0. The van der Waals surface area contributed by atoms with Gasteiger partial charge in [0.15, 0.2) is 0 Å². The Bertz CT molecular complexity index is 269. The van der Waals surface area contributed by atoms with Crippen LogP contribution in [0.25, 0.3) is 0 Å². The predicted octanol–water partition coefficient (Wildman–Crippen LogP) is 1.04. The minimum Gasteiger partial charge on any atom is -0.481 e. The molecule has 4 nitrogen and oxygen atoms in total. The summed E-state index contributed by atoms with van der Waals surface area (Å²) in [5, 5.41) is 8.87. The summed E-state index contributed by atoms with van der Waals surface area (Å²) >= 11 is 0. The molecule has 1 rings (SSSR count). The molecule has 2 atom stereocenters. The van der Waals surface area contributed by atoms with Crippen LogP contribution in [-0.2, 0) is 14.4 Å². The molecule has 0 aliphatic heterocycles. The number of carboxylic acid groups (broad SMARTS) is 1. The smallest absolute Gasteiger partial charge is 0.307 e. The van der Waals surface area contributed by atoms with Crippen LogP contribution in [0.3, 0.4) is 0 Å². The van der Waals surface area contributed by atoms with Crippen LogP contribution in [0.4, 0.5) is 0 Å². The van der Waals surface area contributed by atoms with Gasteiger partial charge < -0.3 is 5.11 Å². The fourth-order valence-electron chi connectivity index (χ4n) is 1.91. The Kier molecular flexibility index (Phi) is 3.38. The van der Waals surface area contributed by atoms with Crippen LogP contribution < -0.4 is 0 Å². The van der Waals surface area contributed by atoms with Crippen molar-refractivity contribution < 1.29 is 19.5 Å². The minimum atomic E-state index is -0.972. The van der Waals surface area contributed by atoms with Crippen molar-refractivity contribution in [1.82, 2.24) is 0 Å². The number of aliphatic carboxylic acids is 1. The molecule has 1 fully saturated rings. The fourth-order valence-corrected chi connectivity index (χ4v) is 1.91. The monoisotopic (exact) mass is 198 g/mol. The average Bonchev–Trinajstić information content (AvgIpc) is 2.11. The molecular weight excluding hydrogens is 184 g/mol. The van der Waals surface area contributed by atoms with Gasteiger partial charge in [-0.25, -0.2) is 0 Å². The van der Waals surface area contributed by atoms with Crippen LogP contribution in [0, 0.1) is 11.8 Å². The highest BCUT2D eigenvalue weighted by Crippen LogP contribution is 2.27. The van der Waals surface area contributed by atoms with E-state index in [0.717, 1.165) is 0 Å². The number of hydrogen-bond acceptors (Lipinski definition) is 3. The van der Waals surface area contributed by atoms with Crippen molar-refractivity contribution in [2.45, 2.75) is 32.6 Å². The third-order valence-corrected chi connectivity index (χ3v) is 2.75. The van der Waals surface area contributed by atoms with Crippen molar-refractivity contribution in [3.8, 4) is 0 Å². The van der Waals surface area contributed by atoms with E-state index < -0.39 is 17.8 Å². The average molecular weight is 198 g/mol. The third kappa shape index (κ3) is 2.19. The Labute approximate surface area is 82.3 Å². The molecule has 0 aromatic heterocycles. The van der Waals surface area contributed by atoms with Gasteiger partial charge in [-0.05, 0) is 6.42 Å². The molecule has 14 heavy (non-hydrogen) atoms. The zero-order valence-electron chi connectivity index (χ0n) is 8.16. The number of carboxylic acids is 1. The fraction of sp³-hybridized carbons (Fsp3) is 0.700.